The second-order valence-corrected chi connectivity index (χ2v) is 6.42. The van der Waals surface area contributed by atoms with Crippen molar-refractivity contribution in [3.05, 3.63) is 66.6 Å². The van der Waals surface area contributed by atoms with Gasteiger partial charge in [-0.25, -0.2) is 4.79 Å². The largest absolute Gasteiger partial charge is 0.493 e. The van der Waals surface area contributed by atoms with Gasteiger partial charge in [0.25, 0.3) is 0 Å². The molecule has 2 amide bonds. The van der Waals surface area contributed by atoms with Crippen molar-refractivity contribution in [1.82, 2.24) is 15.5 Å². The first kappa shape index (κ1) is 19.3. The summed E-state index contributed by atoms with van der Waals surface area (Å²) < 4.78 is 15.8. The first-order chi connectivity index (χ1) is 14.7. The quantitative estimate of drug-likeness (QED) is 0.499. The molecule has 0 aliphatic heterocycles. The number of fused-ring (bicyclic) bond motifs is 1. The summed E-state index contributed by atoms with van der Waals surface area (Å²) >= 11 is 0. The zero-order valence-electron chi connectivity index (χ0n) is 16.5. The van der Waals surface area contributed by atoms with Crippen LogP contribution in [0.15, 0.2) is 65.2 Å². The third kappa shape index (κ3) is 4.02. The van der Waals surface area contributed by atoms with E-state index in [-0.39, 0.29) is 18.5 Å². The van der Waals surface area contributed by atoms with Crippen LogP contribution in [0.4, 0.5) is 10.5 Å². The third-order valence-corrected chi connectivity index (χ3v) is 4.55. The molecule has 30 heavy (non-hydrogen) atoms. The number of amides is 2. The smallest absolute Gasteiger partial charge is 0.319 e. The van der Waals surface area contributed by atoms with Crippen LogP contribution < -0.4 is 20.1 Å². The average molecular weight is 404 g/mol. The molecule has 0 aliphatic carbocycles. The highest BCUT2D eigenvalue weighted by Crippen LogP contribution is 2.31. The maximum Gasteiger partial charge on any atom is 0.319 e. The Bertz CT molecular complexity index is 1180. The molecule has 4 rings (SSSR count). The number of hydrogen-bond acceptors (Lipinski definition) is 6. The summed E-state index contributed by atoms with van der Waals surface area (Å²) in [6, 6.07) is 18.5. The molecule has 0 atom stereocenters. The van der Waals surface area contributed by atoms with Crippen LogP contribution in [0.2, 0.25) is 0 Å². The van der Waals surface area contributed by atoms with E-state index in [1.807, 2.05) is 42.5 Å². The van der Waals surface area contributed by atoms with Crippen LogP contribution in [0, 0.1) is 0 Å². The van der Waals surface area contributed by atoms with Crippen molar-refractivity contribution in [1.29, 1.82) is 0 Å². The number of aromatic nitrogens is 2. The van der Waals surface area contributed by atoms with Crippen LogP contribution in [-0.2, 0) is 6.54 Å². The van der Waals surface area contributed by atoms with Gasteiger partial charge in [-0.2, -0.15) is 4.98 Å². The molecule has 3 aromatic carbocycles. The van der Waals surface area contributed by atoms with Crippen molar-refractivity contribution in [2.45, 2.75) is 6.54 Å². The van der Waals surface area contributed by atoms with Crippen molar-refractivity contribution < 1.29 is 18.8 Å². The monoisotopic (exact) mass is 404 g/mol. The number of benzene rings is 3. The van der Waals surface area contributed by atoms with Gasteiger partial charge in [0.15, 0.2) is 11.5 Å². The molecule has 4 aromatic rings. The van der Waals surface area contributed by atoms with Crippen LogP contribution in [0.5, 0.6) is 11.5 Å². The molecule has 0 aliphatic rings. The summed E-state index contributed by atoms with van der Waals surface area (Å²) in [6.45, 7) is 0.0941. The Morgan fingerprint density at radius 2 is 1.80 bits per heavy atom. The maximum atomic E-state index is 12.3. The fraction of sp³-hybridized carbons (Fsp3) is 0.136. The van der Waals surface area contributed by atoms with Gasteiger partial charge in [-0.15, -0.1) is 0 Å². The second kappa shape index (κ2) is 8.52. The highest BCUT2D eigenvalue weighted by Gasteiger charge is 2.13. The molecule has 0 radical (unpaired) electrons. The number of carbonyl (C=O) groups excluding carboxylic acids is 1. The van der Waals surface area contributed by atoms with Crippen LogP contribution in [0.1, 0.15) is 5.89 Å². The van der Waals surface area contributed by atoms with Gasteiger partial charge in [0.1, 0.15) is 0 Å². The predicted octanol–water partition coefficient (Wildman–Crippen LogP) is 4.23. The van der Waals surface area contributed by atoms with Gasteiger partial charge in [0, 0.05) is 10.9 Å². The topological polar surface area (TPSA) is 98.5 Å². The van der Waals surface area contributed by atoms with Gasteiger partial charge in [0.2, 0.25) is 11.7 Å². The molecule has 0 bridgehead atoms. The van der Waals surface area contributed by atoms with Gasteiger partial charge < -0.3 is 24.6 Å². The number of hydrogen-bond donors (Lipinski definition) is 2. The molecule has 2 N–H and O–H groups in total. The van der Waals surface area contributed by atoms with Crippen molar-refractivity contribution >= 4 is 22.5 Å². The summed E-state index contributed by atoms with van der Waals surface area (Å²) in [5.41, 5.74) is 1.44. The summed E-state index contributed by atoms with van der Waals surface area (Å²) in [6.07, 6.45) is 0. The summed E-state index contributed by atoms with van der Waals surface area (Å²) in [4.78, 5) is 16.6. The van der Waals surface area contributed by atoms with Gasteiger partial charge in [-0.05, 0) is 29.7 Å². The number of rotatable bonds is 6. The molecule has 0 saturated heterocycles. The van der Waals surface area contributed by atoms with E-state index < -0.39 is 0 Å². The lowest BCUT2D eigenvalue weighted by Crippen LogP contribution is -2.28. The molecule has 0 spiro atoms. The van der Waals surface area contributed by atoms with E-state index in [1.54, 1.807) is 32.4 Å². The van der Waals surface area contributed by atoms with E-state index >= 15 is 0 Å². The Hall–Kier alpha value is -4.07. The number of urea groups is 1. The first-order valence-corrected chi connectivity index (χ1v) is 9.25. The Balaban J connectivity index is 1.41. The van der Waals surface area contributed by atoms with E-state index in [9.17, 15) is 4.79 Å². The molecule has 1 heterocycles. The van der Waals surface area contributed by atoms with Crippen molar-refractivity contribution in [3.63, 3.8) is 0 Å². The Morgan fingerprint density at radius 3 is 2.63 bits per heavy atom. The highest BCUT2D eigenvalue weighted by atomic mass is 16.5. The zero-order chi connectivity index (χ0) is 20.9. The predicted molar refractivity (Wildman–Crippen MR) is 113 cm³/mol. The minimum absolute atomic E-state index is 0.0941. The lowest BCUT2D eigenvalue weighted by atomic mass is 10.1. The van der Waals surface area contributed by atoms with Gasteiger partial charge in [0.05, 0.1) is 26.5 Å². The fourth-order valence-electron chi connectivity index (χ4n) is 3.08. The SMILES string of the molecule is COc1ccc(-c2noc(CNC(=O)Nc3cccc4ccccc34)n2)cc1OC. The number of ether oxygens (including phenoxy) is 2. The number of nitrogens with zero attached hydrogens (tertiary/aromatic N) is 2. The normalized spacial score (nSPS) is 10.6. The molecule has 0 unspecified atom stereocenters. The van der Waals surface area contributed by atoms with Gasteiger partial charge in [-0.1, -0.05) is 41.6 Å². The molecular formula is C22H20N4O4. The van der Waals surface area contributed by atoms with E-state index in [0.29, 0.717) is 22.9 Å². The molecule has 152 valence electrons. The number of methoxy groups -OCH3 is 2. The minimum Gasteiger partial charge on any atom is -0.493 e. The lowest BCUT2D eigenvalue weighted by molar-refractivity contribution is 0.249. The summed E-state index contributed by atoms with van der Waals surface area (Å²) in [5, 5.41) is 11.6. The zero-order valence-corrected chi connectivity index (χ0v) is 16.5. The lowest BCUT2D eigenvalue weighted by Gasteiger charge is -2.09. The maximum absolute atomic E-state index is 12.3. The van der Waals surface area contributed by atoms with Gasteiger partial charge >= 0.3 is 6.03 Å². The second-order valence-electron chi connectivity index (χ2n) is 6.42. The van der Waals surface area contributed by atoms with E-state index in [1.165, 1.54) is 0 Å². The average Bonchev–Trinajstić information content (AvgIpc) is 3.26. The molecule has 1 aromatic heterocycles. The van der Waals surface area contributed by atoms with Crippen molar-refractivity contribution in [3.8, 4) is 22.9 Å². The molecule has 8 nitrogen and oxygen atoms in total. The van der Waals surface area contributed by atoms with Crippen molar-refractivity contribution in [2.24, 2.45) is 0 Å². The third-order valence-electron chi connectivity index (χ3n) is 4.55. The Kier molecular flexibility index (Phi) is 5.47. The number of anilines is 1. The van der Waals surface area contributed by atoms with Gasteiger partial charge in [-0.3, -0.25) is 0 Å². The molecular weight excluding hydrogens is 384 g/mol. The summed E-state index contributed by atoms with van der Waals surface area (Å²) in [5.74, 6) is 1.85. The number of carbonyl (C=O) groups is 1. The highest BCUT2D eigenvalue weighted by molar-refractivity contribution is 6.01. The van der Waals surface area contributed by atoms with Crippen LogP contribution in [0.3, 0.4) is 0 Å². The van der Waals surface area contributed by atoms with E-state index in [0.717, 1.165) is 16.5 Å². The standard InChI is InChI=1S/C22H20N4O4/c1-28-18-11-10-15(12-19(18)29-2)21-25-20(30-26-21)13-23-22(27)24-17-9-5-7-14-6-3-4-8-16(14)17/h3-12H,13H2,1-2H3,(H2,23,24,27). The van der Waals surface area contributed by atoms with E-state index in [4.69, 9.17) is 14.0 Å². The summed E-state index contributed by atoms with van der Waals surface area (Å²) in [7, 11) is 3.13. The molecule has 0 saturated carbocycles. The minimum atomic E-state index is -0.364. The van der Waals surface area contributed by atoms with E-state index in [2.05, 4.69) is 20.8 Å². The van der Waals surface area contributed by atoms with Crippen LogP contribution >= 0.6 is 0 Å². The molecule has 8 heteroatoms. The van der Waals surface area contributed by atoms with Crippen molar-refractivity contribution in [2.75, 3.05) is 19.5 Å². The first-order valence-electron chi connectivity index (χ1n) is 9.25. The van der Waals surface area contributed by atoms with Crippen LogP contribution in [-0.4, -0.2) is 30.4 Å². The molecule has 0 fully saturated rings. The Morgan fingerprint density at radius 1 is 1.00 bits per heavy atom. The fourth-order valence-corrected chi connectivity index (χ4v) is 3.08. The number of nitrogens with one attached hydrogen (secondary N) is 2. The Labute approximate surface area is 172 Å². The van der Waals surface area contributed by atoms with Crippen LogP contribution in [0.25, 0.3) is 22.2 Å².